The average Bonchev–Trinajstić information content (AvgIpc) is 2.44. The van der Waals surface area contributed by atoms with E-state index < -0.39 is 11.6 Å². The lowest BCUT2D eigenvalue weighted by Crippen LogP contribution is -2.18. The van der Waals surface area contributed by atoms with Crippen LogP contribution in [0.25, 0.3) is 0 Å². The maximum absolute atomic E-state index is 13.1. The van der Waals surface area contributed by atoms with Crippen molar-refractivity contribution in [2.45, 2.75) is 39.3 Å². The second-order valence-electron chi connectivity index (χ2n) is 5.70. The number of hydrogen-bond donors (Lipinski definition) is 1. The van der Waals surface area contributed by atoms with Gasteiger partial charge in [-0.15, -0.1) is 0 Å². The first-order valence-corrected chi connectivity index (χ1v) is 7.24. The van der Waals surface area contributed by atoms with E-state index in [-0.39, 0.29) is 6.04 Å². The highest BCUT2D eigenvalue weighted by Crippen LogP contribution is 2.19. The molecule has 0 aromatic heterocycles. The van der Waals surface area contributed by atoms with E-state index in [2.05, 4.69) is 43.4 Å². The number of halogens is 2. The SMILES string of the molecule is CC(C)c1ccc(C(C)NCc2cc(F)cc(F)c2)cc1. The number of hydrogen-bond acceptors (Lipinski definition) is 1. The number of nitrogens with one attached hydrogen (secondary N) is 1. The summed E-state index contributed by atoms with van der Waals surface area (Å²) in [7, 11) is 0. The summed E-state index contributed by atoms with van der Waals surface area (Å²) < 4.78 is 26.3. The molecule has 1 N–H and O–H groups in total. The zero-order chi connectivity index (χ0) is 15.4. The van der Waals surface area contributed by atoms with E-state index in [1.54, 1.807) is 0 Å². The molecule has 0 aliphatic heterocycles. The van der Waals surface area contributed by atoms with Crippen molar-refractivity contribution in [3.8, 4) is 0 Å². The van der Waals surface area contributed by atoms with Gasteiger partial charge in [0.15, 0.2) is 0 Å². The highest BCUT2D eigenvalue weighted by atomic mass is 19.1. The average molecular weight is 289 g/mol. The Morgan fingerprint density at radius 3 is 1.90 bits per heavy atom. The predicted octanol–water partition coefficient (Wildman–Crippen LogP) is 4.94. The van der Waals surface area contributed by atoms with E-state index in [0.29, 0.717) is 18.0 Å². The quantitative estimate of drug-likeness (QED) is 0.822. The molecule has 0 bridgehead atoms. The minimum absolute atomic E-state index is 0.123. The zero-order valence-corrected chi connectivity index (χ0v) is 12.7. The molecule has 2 aromatic rings. The fourth-order valence-electron chi connectivity index (χ4n) is 2.27. The Bertz CT molecular complexity index is 570. The summed E-state index contributed by atoms with van der Waals surface area (Å²) in [6.07, 6.45) is 0. The van der Waals surface area contributed by atoms with Crippen LogP contribution in [0.5, 0.6) is 0 Å². The number of rotatable bonds is 5. The van der Waals surface area contributed by atoms with Crippen LogP contribution >= 0.6 is 0 Å². The van der Waals surface area contributed by atoms with Crippen molar-refractivity contribution in [1.82, 2.24) is 5.32 Å². The van der Waals surface area contributed by atoms with Gasteiger partial charge in [0.2, 0.25) is 0 Å². The van der Waals surface area contributed by atoms with Gasteiger partial charge in [0, 0.05) is 18.7 Å². The number of benzene rings is 2. The Hall–Kier alpha value is -1.74. The standard InChI is InChI=1S/C18H21F2N/c1-12(2)15-4-6-16(7-5-15)13(3)21-11-14-8-17(19)10-18(20)9-14/h4-10,12-13,21H,11H2,1-3H3. The van der Waals surface area contributed by atoms with Crippen LogP contribution in [0.15, 0.2) is 42.5 Å². The lowest BCUT2D eigenvalue weighted by molar-refractivity contribution is 0.554. The Morgan fingerprint density at radius 2 is 1.38 bits per heavy atom. The fourth-order valence-corrected chi connectivity index (χ4v) is 2.27. The van der Waals surface area contributed by atoms with Gasteiger partial charge in [-0.3, -0.25) is 0 Å². The molecular formula is C18H21F2N. The van der Waals surface area contributed by atoms with Gasteiger partial charge >= 0.3 is 0 Å². The molecule has 0 radical (unpaired) electrons. The molecule has 0 amide bonds. The highest BCUT2D eigenvalue weighted by molar-refractivity contribution is 5.27. The first-order valence-electron chi connectivity index (χ1n) is 7.24. The lowest BCUT2D eigenvalue weighted by atomic mass is 9.99. The summed E-state index contributed by atoms with van der Waals surface area (Å²) in [6, 6.07) is 12.2. The summed E-state index contributed by atoms with van der Waals surface area (Å²) in [5.41, 5.74) is 3.08. The van der Waals surface area contributed by atoms with Gasteiger partial charge < -0.3 is 5.32 Å². The minimum atomic E-state index is -0.541. The largest absolute Gasteiger partial charge is 0.306 e. The molecule has 1 unspecified atom stereocenters. The molecule has 0 heterocycles. The van der Waals surface area contributed by atoms with E-state index in [1.807, 2.05) is 6.92 Å². The maximum atomic E-state index is 13.1. The smallest absolute Gasteiger partial charge is 0.126 e. The topological polar surface area (TPSA) is 12.0 Å². The van der Waals surface area contributed by atoms with E-state index in [4.69, 9.17) is 0 Å². The van der Waals surface area contributed by atoms with Crippen LogP contribution in [0.2, 0.25) is 0 Å². The maximum Gasteiger partial charge on any atom is 0.126 e. The zero-order valence-electron chi connectivity index (χ0n) is 12.7. The Morgan fingerprint density at radius 1 is 0.857 bits per heavy atom. The second kappa shape index (κ2) is 6.81. The van der Waals surface area contributed by atoms with Crippen LogP contribution < -0.4 is 5.32 Å². The third-order valence-corrected chi connectivity index (χ3v) is 3.64. The lowest BCUT2D eigenvalue weighted by Gasteiger charge is -2.15. The minimum Gasteiger partial charge on any atom is -0.306 e. The summed E-state index contributed by atoms with van der Waals surface area (Å²) in [5.74, 6) is -0.570. The van der Waals surface area contributed by atoms with Gasteiger partial charge in [-0.25, -0.2) is 8.78 Å². The molecule has 0 aliphatic carbocycles. The van der Waals surface area contributed by atoms with Crippen molar-refractivity contribution >= 4 is 0 Å². The summed E-state index contributed by atoms with van der Waals surface area (Å²) >= 11 is 0. The van der Waals surface area contributed by atoms with Crippen LogP contribution in [0.1, 0.15) is 49.4 Å². The van der Waals surface area contributed by atoms with E-state index in [1.165, 1.54) is 17.7 Å². The van der Waals surface area contributed by atoms with E-state index in [0.717, 1.165) is 11.6 Å². The normalized spacial score (nSPS) is 12.7. The third kappa shape index (κ3) is 4.36. The Labute approximate surface area is 125 Å². The molecule has 1 atom stereocenters. The van der Waals surface area contributed by atoms with Gasteiger partial charge in [-0.05, 0) is 41.7 Å². The second-order valence-corrected chi connectivity index (χ2v) is 5.70. The molecular weight excluding hydrogens is 268 g/mol. The fraction of sp³-hybridized carbons (Fsp3) is 0.333. The van der Waals surface area contributed by atoms with E-state index in [9.17, 15) is 8.78 Å². The molecule has 0 aliphatic rings. The monoisotopic (exact) mass is 289 g/mol. The molecule has 0 spiro atoms. The molecule has 0 saturated heterocycles. The molecule has 2 aromatic carbocycles. The van der Waals surface area contributed by atoms with Gasteiger partial charge in [0.1, 0.15) is 11.6 Å². The van der Waals surface area contributed by atoms with Crippen LogP contribution in [0.4, 0.5) is 8.78 Å². The van der Waals surface area contributed by atoms with Crippen molar-refractivity contribution in [2.75, 3.05) is 0 Å². The molecule has 21 heavy (non-hydrogen) atoms. The highest BCUT2D eigenvalue weighted by Gasteiger charge is 2.07. The molecule has 0 saturated carbocycles. The van der Waals surface area contributed by atoms with Crippen LogP contribution in [-0.2, 0) is 6.54 Å². The van der Waals surface area contributed by atoms with Gasteiger partial charge in [0.25, 0.3) is 0 Å². The molecule has 0 fully saturated rings. The van der Waals surface area contributed by atoms with Gasteiger partial charge in [-0.2, -0.15) is 0 Å². The van der Waals surface area contributed by atoms with Crippen LogP contribution in [0, 0.1) is 11.6 Å². The summed E-state index contributed by atoms with van der Waals surface area (Å²) in [5, 5.41) is 3.28. The molecule has 1 nitrogen and oxygen atoms in total. The molecule has 3 heteroatoms. The van der Waals surface area contributed by atoms with Crippen molar-refractivity contribution in [3.63, 3.8) is 0 Å². The first-order chi connectivity index (χ1) is 9.95. The van der Waals surface area contributed by atoms with Gasteiger partial charge in [0.05, 0.1) is 0 Å². The molecule has 2 rings (SSSR count). The summed E-state index contributed by atoms with van der Waals surface area (Å²) in [4.78, 5) is 0. The van der Waals surface area contributed by atoms with Crippen LogP contribution in [0.3, 0.4) is 0 Å². The van der Waals surface area contributed by atoms with Crippen molar-refractivity contribution < 1.29 is 8.78 Å². The first kappa shape index (κ1) is 15.6. The van der Waals surface area contributed by atoms with Crippen molar-refractivity contribution in [1.29, 1.82) is 0 Å². The van der Waals surface area contributed by atoms with Crippen molar-refractivity contribution in [2.24, 2.45) is 0 Å². The third-order valence-electron chi connectivity index (χ3n) is 3.64. The molecule has 112 valence electrons. The Kier molecular flexibility index (Phi) is 5.07. The summed E-state index contributed by atoms with van der Waals surface area (Å²) in [6.45, 7) is 6.80. The van der Waals surface area contributed by atoms with E-state index >= 15 is 0 Å². The predicted molar refractivity (Wildman–Crippen MR) is 82.1 cm³/mol. The van der Waals surface area contributed by atoms with Crippen LogP contribution in [-0.4, -0.2) is 0 Å². The van der Waals surface area contributed by atoms with Gasteiger partial charge in [-0.1, -0.05) is 38.1 Å². The van der Waals surface area contributed by atoms with Crippen molar-refractivity contribution in [3.05, 3.63) is 70.8 Å². The Balaban J connectivity index is 1.99.